The van der Waals surface area contributed by atoms with Gasteiger partial charge in [-0.1, -0.05) is 6.58 Å². The Morgan fingerprint density at radius 2 is 1.46 bits per heavy atom. The Morgan fingerprint density at radius 3 is 1.46 bits per heavy atom. The van der Waals surface area contributed by atoms with Gasteiger partial charge < -0.3 is 9.90 Å². The second-order valence-corrected chi connectivity index (χ2v) is 10.5. The molecule has 0 N–H and O–H groups in total. The first kappa shape index (κ1) is 15.2. The molecule has 0 atom stereocenters. The van der Waals surface area contributed by atoms with Gasteiger partial charge in [-0.15, -0.1) is 0 Å². The van der Waals surface area contributed by atoms with E-state index in [2.05, 4.69) is 27.4 Å². The fourth-order valence-electron chi connectivity index (χ4n) is 0.750. The fourth-order valence-corrected chi connectivity index (χ4v) is 3.90. The van der Waals surface area contributed by atoms with Crippen molar-refractivity contribution in [2.75, 3.05) is 0 Å². The Balaban J connectivity index is 0. The summed E-state index contributed by atoms with van der Waals surface area (Å²) in [4.78, 5) is 9.49. The van der Waals surface area contributed by atoms with Crippen molar-refractivity contribution in [1.82, 2.24) is 0 Å². The topological polar surface area (TPSA) is 40.1 Å². The van der Waals surface area contributed by atoms with Gasteiger partial charge in [0.05, 0.1) is 5.97 Å². The molecule has 0 aromatic heterocycles. The van der Waals surface area contributed by atoms with E-state index in [0.29, 0.717) is 0 Å². The van der Waals surface area contributed by atoms with Crippen molar-refractivity contribution >= 4 is 20.3 Å². The van der Waals surface area contributed by atoms with Crippen LogP contribution in [0.5, 0.6) is 0 Å². The first-order valence-corrected chi connectivity index (χ1v) is 9.14. The summed E-state index contributed by atoms with van der Waals surface area (Å²) >= 11 is -0.403. The second-order valence-electron chi connectivity index (χ2n) is 2.88. The van der Waals surface area contributed by atoms with E-state index in [1.807, 2.05) is 0 Å². The molecule has 2 nitrogen and oxygen atoms in total. The van der Waals surface area contributed by atoms with Crippen LogP contribution in [0.15, 0.2) is 12.2 Å². The van der Waals surface area contributed by atoms with Gasteiger partial charge in [0.15, 0.2) is 0 Å². The van der Waals surface area contributed by atoms with Gasteiger partial charge in [-0.05, 0) is 12.5 Å². The van der Waals surface area contributed by atoms with Crippen LogP contribution >= 0.6 is 0 Å². The summed E-state index contributed by atoms with van der Waals surface area (Å²) in [7, 11) is 0. The van der Waals surface area contributed by atoms with Gasteiger partial charge in [-0.25, -0.2) is 0 Å². The van der Waals surface area contributed by atoms with Gasteiger partial charge in [0.1, 0.15) is 0 Å². The van der Waals surface area contributed by atoms with Crippen LogP contribution in [0.4, 0.5) is 0 Å². The van der Waals surface area contributed by atoms with Crippen LogP contribution in [0.3, 0.4) is 0 Å². The van der Waals surface area contributed by atoms with Crippen LogP contribution in [-0.4, -0.2) is 20.3 Å². The Labute approximate surface area is 86.1 Å². The van der Waals surface area contributed by atoms with E-state index in [1.165, 1.54) is 22.7 Å². The summed E-state index contributed by atoms with van der Waals surface area (Å²) in [5, 5.41) is 14.1. The van der Waals surface area contributed by atoms with Gasteiger partial charge in [-0.2, -0.15) is 0 Å². The van der Waals surface area contributed by atoms with E-state index >= 15 is 0 Å². The van der Waals surface area contributed by atoms with E-state index in [1.54, 1.807) is 0 Å². The van der Waals surface area contributed by atoms with E-state index in [0.717, 1.165) is 0 Å². The van der Waals surface area contributed by atoms with Crippen LogP contribution in [0.1, 0.15) is 27.7 Å². The van der Waals surface area contributed by atoms with Crippen molar-refractivity contribution in [1.29, 1.82) is 0 Å². The fraction of sp³-hybridized carbons (Fsp3) is 0.700. The molecule has 0 spiro atoms. The average Bonchev–Trinajstić information content (AvgIpc) is 2.08. The summed E-state index contributed by atoms with van der Waals surface area (Å²) in [6, 6.07) is 0. The number of rotatable bonds is 4. The molecule has 0 heterocycles. The van der Waals surface area contributed by atoms with Crippen LogP contribution in [0.2, 0.25) is 15.8 Å². The van der Waals surface area contributed by atoms with Crippen molar-refractivity contribution in [2.45, 2.75) is 43.5 Å². The van der Waals surface area contributed by atoms with Gasteiger partial charge >= 0.3 is 50.9 Å². The van der Waals surface area contributed by atoms with Crippen molar-refractivity contribution in [3.63, 3.8) is 0 Å². The molecule has 0 fully saturated rings. The third-order valence-electron chi connectivity index (χ3n) is 1.85. The Bertz CT molecular complexity index is 133. The molecule has 0 amide bonds. The predicted molar refractivity (Wildman–Crippen MR) is 57.0 cm³/mol. The first-order valence-electron chi connectivity index (χ1n) is 4.69. The molecule has 0 aromatic carbocycles. The minimum atomic E-state index is -1.19. The molecule has 0 aromatic rings. The van der Waals surface area contributed by atoms with E-state index in [-0.39, 0.29) is 5.57 Å². The van der Waals surface area contributed by atoms with Gasteiger partial charge in [0.25, 0.3) is 0 Å². The summed E-state index contributed by atoms with van der Waals surface area (Å²) in [5.41, 5.74) is 0.0648. The number of hydrogen-bond donors (Lipinski definition) is 0. The Kier molecular flexibility index (Phi) is 11.5. The van der Waals surface area contributed by atoms with E-state index < -0.39 is 20.3 Å². The molecular formula is C10H20GeO2. The number of hydrogen-bond acceptors (Lipinski definition) is 2. The molecule has 13 heavy (non-hydrogen) atoms. The third kappa shape index (κ3) is 11.8. The van der Waals surface area contributed by atoms with Crippen molar-refractivity contribution in [3.8, 4) is 0 Å². The zero-order valence-electron chi connectivity index (χ0n) is 9.14. The number of carboxylic acids is 1. The monoisotopic (exact) mass is 246 g/mol. The SMILES string of the molecule is C=C(C)C(=O)[O-].C[CH2][Ge+]([CH2]C)[CH2]C. The van der Waals surface area contributed by atoms with Crippen molar-refractivity contribution < 1.29 is 9.90 Å². The molecule has 0 saturated heterocycles. The number of carbonyl (C=O) groups is 1. The average molecular weight is 245 g/mol. The number of aliphatic carboxylic acids is 1. The van der Waals surface area contributed by atoms with Crippen molar-refractivity contribution in [2.24, 2.45) is 0 Å². The standard InChI is InChI=1S/C6H15Ge.C4H6O2/c1-4-7(5-2)6-3;1-3(2)4(5)6/h4-6H2,1-3H3;1H2,2H3,(H,5,6)/q+1;/p-1. The second kappa shape index (κ2) is 9.84. The maximum atomic E-state index is 9.49. The van der Waals surface area contributed by atoms with Gasteiger partial charge in [0, 0.05) is 0 Å². The molecule has 0 radical (unpaired) electrons. The summed E-state index contributed by atoms with van der Waals surface area (Å²) < 4.78 is 0. The van der Waals surface area contributed by atoms with E-state index in [9.17, 15) is 9.90 Å². The number of carboxylic acid groups (broad SMARTS) is 1. The van der Waals surface area contributed by atoms with Crippen LogP contribution < -0.4 is 5.11 Å². The molecular weight excluding hydrogens is 225 g/mol. The minimum absolute atomic E-state index is 0.0648. The maximum absolute atomic E-state index is 9.49. The Morgan fingerprint density at radius 1 is 1.23 bits per heavy atom. The number of carbonyl (C=O) groups excluding carboxylic acids is 1. The van der Waals surface area contributed by atoms with Crippen LogP contribution in [-0.2, 0) is 4.79 Å². The molecule has 0 aliphatic rings. The normalized spacial score (nSPS) is 8.31. The van der Waals surface area contributed by atoms with E-state index in [4.69, 9.17) is 0 Å². The van der Waals surface area contributed by atoms with Gasteiger partial charge in [-0.3, -0.25) is 0 Å². The Hall–Kier alpha value is -0.247. The third-order valence-corrected chi connectivity index (χ3v) is 8.14. The first-order chi connectivity index (χ1) is 5.99. The van der Waals surface area contributed by atoms with Crippen molar-refractivity contribution in [3.05, 3.63) is 12.2 Å². The molecule has 0 saturated carbocycles. The molecule has 3 heteroatoms. The molecule has 0 aliphatic carbocycles. The van der Waals surface area contributed by atoms with Crippen LogP contribution in [0.25, 0.3) is 0 Å². The summed E-state index contributed by atoms with van der Waals surface area (Å²) in [5.74, 6) is -1.19. The summed E-state index contributed by atoms with van der Waals surface area (Å²) in [6.45, 7) is 11.5. The predicted octanol–water partition coefficient (Wildman–Crippen LogP) is 1.85. The zero-order valence-corrected chi connectivity index (χ0v) is 11.2. The molecule has 0 bridgehead atoms. The van der Waals surface area contributed by atoms with Crippen LogP contribution in [0, 0.1) is 0 Å². The zero-order chi connectivity index (χ0) is 10.9. The summed E-state index contributed by atoms with van der Waals surface area (Å²) in [6.07, 6.45) is 0. The molecule has 76 valence electrons. The quantitative estimate of drug-likeness (QED) is 0.560. The molecule has 0 aliphatic heterocycles. The molecule has 0 rings (SSSR count). The van der Waals surface area contributed by atoms with Gasteiger partial charge in [0.2, 0.25) is 0 Å². The molecule has 0 unspecified atom stereocenters.